The summed E-state index contributed by atoms with van der Waals surface area (Å²) in [5, 5.41) is 4.99. The van der Waals surface area contributed by atoms with Crippen LogP contribution in [0.3, 0.4) is 0 Å². The molecule has 0 aliphatic carbocycles. The predicted octanol–water partition coefficient (Wildman–Crippen LogP) is 11.1. The van der Waals surface area contributed by atoms with Crippen LogP contribution in [0.25, 0.3) is 49.4 Å². The van der Waals surface area contributed by atoms with Gasteiger partial charge in [0.05, 0.1) is 16.7 Å². The van der Waals surface area contributed by atoms with E-state index in [0.717, 1.165) is 17.1 Å². The van der Waals surface area contributed by atoms with Gasteiger partial charge in [0.25, 0.3) is 0 Å². The molecule has 2 nitrogen and oxygen atoms in total. The lowest BCUT2D eigenvalue weighted by atomic mass is 9.95. The van der Waals surface area contributed by atoms with E-state index in [4.69, 9.17) is 0 Å². The lowest BCUT2D eigenvalue weighted by Gasteiger charge is -2.26. The summed E-state index contributed by atoms with van der Waals surface area (Å²) in [6, 6.07) is 60.9. The van der Waals surface area contributed by atoms with Crippen LogP contribution >= 0.6 is 0 Å². The van der Waals surface area contributed by atoms with Gasteiger partial charge in [-0.1, -0.05) is 115 Å². The molecular weight excluding hydrogens is 508 g/mol. The SMILES string of the molecule is c1ccc(N(c2ccccc2)c2cccc(-c3c(-n4c5ccccc5c5ccccc54)ccc4ccccc34)c2)cc1. The fraction of sp³-hybridized carbons (Fsp3) is 0. The second-order valence-corrected chi connectivity index (χ2v) is 10.6. The van der Waals surface area contributed by atoms with Crippen molar-refractivity contribution in [2.24, 2.45) is 0 Å². The van der Waals surface area contributed by atoms with Crippen LogP contribution in [0.4, 0.5) is 17.1 Å². The first-order valence-electron chi connectivity index (χ1n) is 14.4. The smallest absolute Gasteiger partial charge is 0.0547 e. The molecule has 0 saturated heterocycles. The van der Waals surface area contributed by atoms with E-state index in [1.54, 1.807) is 0 Å². The zero-order valence-corrected chi connectivity index (χ0v) is 23.1. The van der Waals surface area contributed by atoms with Gasteiger partial charge in [0.2, 0.25) is 0 Å². The standard InChI is InChI=1S/C40H28N2/c1-3-16-31(17-4-1)41(32-18-5-2-6-19-32)33-20-13-15-30(28-33)40-34-21-8-7-14-29(34)26-27-39(40)42-37-24-11-9-22-35(37)36-23-10-12-25-38(36)42/h1-28H. The van der Waals surface area contributed by atoms with Gasteiger partial charge in [-0.3, -0.25) is 0 Å². The van der Waals surface area contributed by atoms with Crippen LogP contribution in [0.1, 0.15) is 0 Å². The third kappa shape index (κ3) is 3.96. The van der Waals surface area contributed by atoms with Crippen molar-refractivity contribution >= 4 is 49.6 Å². The van der Waals surface area contributed by atoms with Gasteiger partial charge in [0.15, 0.2) is 0 Å². The molecule has 8 aromatic rings. The number of anilines is 3. The largest absolute Gasteiger partial charge is 0.310 e. The average molecular weight is 537 g/mol. The van der Waals surface area contributed by atoms with Gasteiger partial charge in [0.1, 0.15) is 0 Å². The Hall–Kier alpha value is -5.60. The molecule has 0 saturated carbocycles. The number of hydrogen-bond acceptors (Lipinski definition) is 1. The van der Waals surface area contributed by atoms with Crippen molar-refractivity contribution in [3.8, 4) is 16.8 Å². The van der Waals surface area contributed by atoms with Crippen molar-refractivity contribution in [1.82, 2.24) is 4.57 Å². The van der Waals surface area contributed by atoms with Crippen LogP contribution in [-0.2, 0) is 0 Å². The number of benzene rings is 7. The van der Waals surface area contributed by atoms with Crippen LogP contribution in [0.5, 0.6) is 0 Å². The average Bonchev–Trinajstić information content (AvgIpc) is 3.40. The Morgan fingerprint density at radius 2 is 0.905 bits per heavy atom. The van der Waals surface area contributed by atoms with Crippen molar-refractivity contribution in [2.45, 2.75) is 0 Å². The third-order valence-electron chi connectivity index (χ3n) is 8.15. The molecule has 0 amide bonds. The Kier molecular flexibility index (Phi) is 5.82. The van der Waals surface area contributed by atoms with Crippen molar-refractivity contribution in [3.05, 3.63) is 170 Å². The molecule has 0 N–H and O–H groups in total. The van der Waals surface area contributed by atoms with Gasteiger partial charge in [0, 0.05) is 33.4 Å². The first-order valence-corrected chi connectivity index (χ1v) is 14.4. The predicted molar refractivity (Wildman–Crippen MR) is 178 cm³/mol. The number of fused-ring (bicyclic) bond motifs is 4. The van der Waals surface area contributed by atoms with Gasteiger partial charge in [-0.15, -0.1) is 0 Å². The molecule has 0 fully saturated rings. The number of hydrogen-bond donors (Lipinski definition) is 0. The zero-order chi connectivity index (χ0) is 27.9. The Balaban J connectivity index is 1.42. The van der Waals surface area contributed by atoms with Gasteiger partial charge >= 0.3 is 0 Å². The highest BCUT2D eigenvalue weighted by atomic mass is 15.1. The number of nitrogens with zero attached hydrogens (tertiary/aromatic N) is 2. The molecule has 0 bridgehead atoms. The Morgan fingerprint density at radius 3 is 1.55 bits per heavy atom. The van der Waals surface area contributed by atoms with Gasteiger partial charge in [-0.2, -0.15) is 0 Å². The van der Waals surface area contributed by atoms with E-state index in [1.807, 2.05) is 0 Å². The quantitative estimate of drug-likeness (QED) is 0.212. The molecule has 0 radical (unpaired) electrons. The lowest BCUT2D eigenvalue weighted by Crippen LogP contribution is -2.09. The first kappa shape index (κ1) is 24.2. The highest BCUT2D eigenvalue weighted by Crippen LogP contribution is 2.42. The molecule has 2 heteroatoms. The summed E-state index contributed by atoms with van der Waals surface area (Å²) in [7, 11) is 0. The van der Waals surface area contributed by atoms with Crippen molar-refractivity contribution < 1.29 is 0 Å². The van der Waals surface area contributed by atoms with Crippen LogP contribution in [0.15, 0.2) is 170 Å². The Morgan fingerprint density at radius 1 is 0.381 bits per heavy atom. The molecule has 0 unspecified atom stereocenters. The van der Waals surface area contributed by atoms with E-state index in [-0.39, 0.29) is 0 Å². The fourth-order valence-corrected chi connectivity index (χ4v) is 6.33. The fourth-order valence-electron chi connectivity index (χ4n) is 6.33. The topological polar surface area (TPSA) is 8.17 Å². The molecule has 198 valence electrons. The maximum absolute atomic E-state index is 2.44. The number of para-hydroxylation sites is 4. The van der Waals surface area contributed by atoms with E-state index in [1.165, 1.54) is 49.4 Å². The third-order valence-corrected chi connectivity index (χ3v) is 8.15. The normalized spacial score (nSPS) is 11.3. The lowest BCUT2D eigenvalue weighted by molar-refractivity contribution is 1.19. The van der Waals surface area contributed by atoms with Crippen molar-refractivity contribution in [2.75, 3.05) is 4.90 Å². The molecule has 0 spiro atoms. The van der Waals surface area contributed by atoms with Crippen molar-refractivity contribution in [3.63, 3.8) is 0 Å². The second kappa shape index (κ2) is 10.1. The zero-order valence-electron chi connectivity index (χ0n) is 23.1. The molecular formula is C40H28N2. The number of rotatable bonds is 5. The van der Waals surface area contributed by atoms with Crippen molar-refractivity contribution in [1.29, 1.82) is 0 Å². The van der Waals surface area contributed by atoms with E-state index >= 15 is 0 Å². The Bertz CT molecular complexity index is 2100. The summed E-state index contributed by atoms with van der Waals surface area (Å²) in [6.07, 6.45) is 0. The summed E-state index contributed by atoms with van der Waals surface area (Å²) < 4.78 is 2.44. The van der Waals surface area contributed by atoms with Crippen LogP contribution < -0.4 is 4.90 Å². The van der Waals surface area contributed by atoms with Gasteiger partial charge < -0.3 is 9.47 Å². The molecule has 1 heterocycles. The molecule has 0 aliphatic rings. The minimum atomic E-state index is 1.12. The Labute approximate surface area is 245 Å². The second-order valence-electron chi connectivity index (χ2n) is 10.6. The minimum absolute atomic E-state index is 1.12. The van der Waals surface area contributed by atoms with E-state index < -0.39 is 0 Å². The van der Waals surface area contributed by atoms with Gasteiger partial charge in [-0.05, 0) is 70.9 Å². The van der Waals surface area contributed by atoms with Gasteiger partial charge in [-0.25, -0.2) is 0 Å². The van der Waals surface area contributed by atoms with Crippen LogP contribution in [0.2, 0.25) is 0 Å². The molecule has 0 aliphatic heterocycles. The summed E-state index contributed by atoms with van der Waals surface area (Å²) in [5.74, 6) is 0. The molecule has 0 atom stereocenters. The summed E-state index contributed by atoms with van der Waals surface area (Å²) in [4.78, 5) is 2.33. The molecule has 1 aromatic heterocycles. The van der Waals surface area contributed by atoms with E-state index in [0.29, 0.717) is 0 Å². The maximum atomic E-state index is 2.44. The highest BCUT2D eigenvalue weighted by Gasteiger charge is 2.19. The summed E-state index contributed by atoms with van der Waals surface area (Å²) >= 11 is 0. The van der Waals surface area contributed by atoms with E-state index in [2.05, 4.69) is 179 Å². The van der Waals surface area contributed by atoms with Crippen LogP contribution in [-0.4, -0.2) is 4.57 Å². The summed E-state index contributed by atoms with van der Waals surface area (Å²) in [5.41, 5.74) is 9.37. The molecule has 7 aromatic carbocycles. The van der Waals surface area contributed by atoms with Crippen LogP contribution in [0, 0.1) is 0 Å². The first-order chi connectivity index (χ1) is 20.9. The molecule has 8 rings (SSSR count). The number of aromatic nitrogens is 1. The maximum Gasteiger partial charge on any atom is 0.0547 e. The molecule has 42 heavy (non-hydrogen) atoms. The minimum Gasteiger partial charge on any atom is -0.310 e. The van der Waals surface area contributed by atoms with E-state index in [9.17, 15) is 0 Å². The summed E-state index contributed by atoms with van der Waals surface area (Å²) in [6.45, 7) is 0. The highest BCUT2D eigenvalue weighted by molar-refractivity contribution is 6.11. The monoisotopic (exact) mass is 536 g/mol.